The zero-order valence-corrected chi connectivity index (χ0v) is 83.7. The van der Waals surface area contributed by atoms with Crippen LogP contribution in [0.25, 0.3) is 88.6 Å². The minimum atomic E-state index is -0.208. The van der Waals surface area contributed by atoms with Gasteiger partial charge in [-0.15, -0.1) is 0 Å². The minimum absolute atomic E-state index is 0.208. The Kier molecular flexibility index (Phi) is 34.5. The molecule has 20 nitrogen and oxygen atoms in total. The smallest absolute Gasteiger partial charge is 0.125 e. The number of anilines is 4. The number of nitrogens with one attached hydrogen (secondary N) is 8. The summed E-state index contributed by atoms with van der Waals surface area (Å²) < 4.78 is 18.9. The SMILES string of the molecule is CC(C)N1CCN(CCNC2CCN(c3cccc(-c4cc5ccc(F)cc5[nH]4)c3)CC2)CC1.CCC(C)N1CCN(CCCNC2CCN(c3cccc(-c4cc5ccccc5[nH]4)c3)CC2)CC1.COc1ccc2[nH]c(-c3cccc(N4CCC(NCCN5CCN(C(C)C)CC5)CC4)c3)cc2c1.Cc1ccc(N2CCC(NC3CCN(C(C)C)CC3)CC2)cc1-c1cc2ccccc2[nH]1. The van der Waals surface area contributed by atoms with Crippen molar-refractivity contribution in [3.05, 3.63) is 212 Å². The number of rotatable bonds is 29. The molecule has 12 aromatic rings. The number of ether oxygens (including phenoxy) is 1. The number of methoxy groups -OCH3 is 1. The van der Waals surface area contributed by atoms with Gasteiger partial charge in [-0.3, -0.25) is 24.5 Å². The van der Waals surface area contributed by atoms with Gasteiger partial charge in [0, 0.05) is 306 Å². The second kappa shape index (κ2) is 47.8. The van der Waals surface area contributed by atoms with Crippen LogP contribution in [0.5, 0.6) is 5.75 Å². The molecular weight excluding hydrogens is 1680 g/mol. The van der Waals surface area contributed by atoms with Crippen molar-refractivity contribution < 1.29 is 9.13 Å². The van der Waals surface area contributed by atoms with Gasteiger partial charge in [0.1, 0.15) is 11.6 Å². The summed E-state index contributed by atoms with van der Waals surface area (Å²) in [6.45, 7) is 53.6. The van der Waals surface area contributed by atoms with Crippen LogP contribution in [0.1, 0.15) is 138 Å². The highest BCUT2D eigenvalue weighted by Crippen LogP contribution is 2.37. The van der Waals surface area contributed by atoms with E-state index < -0.39 is 0 Å². The maximum Gasteiger partial charge on any atom is 0.125 e. The number of para-hydroxylation sites is 2. The van der Waals surface area contributed by atoms with Crippen LogP contribution in [0.3, 0.4) is 0 Å². The lowest BCUT2D eigenvalue weighted by Crippen LogP contribution is -2.51. The quantitative estimate of drug-likeness (QED) is 0.0209. The fourth-order valence-corrected chi connectivity index (χ4v) is 22.2. The number of nitrogens with zero attached hydrogens (tertiary/aromatic N) is 11. The topological polar surface area (TPSA) is 156 Å². The monoisotopic (exact) mass is 1840 g/mol. The number of aryl methyl sites for hydroxylation is 1. The van der Waals surface area contributed by atoms with Gasteiger partial charge < -0.3 is 75.3 Å². The number of likely N-dealkylation sites (tertiary alicyclic amines) is 1. The Morgan fingerprint density at radius 1 is 0.331 bits per heavy atom. The van der Waals surface area contributed by atoms with Gasteiger partial charge in [0.15, 0.2) is 0 Å². The van der Waals surface area contributed by atoms with E-state index in [0.717, 1.165) is 124 Å². The zero-order chi connectivity index (χ0) is 93.8. The summed E-state index contributed by atoms with van der Waals surface area (Å²) in [6, 6.07) is 76.7. The van der Waals surface area contributed by atoms with Gasteiger partial charge in [-0.2, -0.15) is 0 Å². The molecule has 1 unspecified atom stereocenters. The predicted molar refractivity (Wildman–Crippen MR) is 573 cm³/mol. The summed E-state index contributed by atoms with van der Waals surface area (Å²) in [7, 11) is 1.71. The van der Waals surface area contributed by atoms with E-state index in [9.17, 15) is 4.39 Å². The number of halogens is 1. The molecule has 12 heterocycles. The predicted octanol–water partition coefficient (Wildman–Crippen LogP) is 19.8. The van der Waals surface area contributed by atoms with Crippen LogP contribution in [0, 0.1) is 12.7 Å². The maximum absolute atomic E-state index is 13.6. The van der Waals surface area contributed by atoms with Crippen LogP contribution in [-0.2, 0) is 0 Å². The van der Waals surface area contributed by atoms with E-state index in [1.165, 1.54) is 271 Å². The number of H-pyrrole nitrogens is 4. The average molecular weight is 1840 g/mol. The van der Waals surface area contributed by atoms with Crippen molar-refractivity contribution in [1.29, 1.82) is 0 Å². The fourth-order valence-electron chi connectivity index (χ4n) is 22.2. The molecule has 136 heavy (non-hydrogen) atoms. The molecule has 4 aromatic heterocycles. The lowest BCUT2D eigenvalue weighted by Gasteiger charge is -2.39. The van der Waals surface area contributed by atoms with Crippen molar-refractivity contribution in [2.24, 2.45) is 0 Å². The molecule has 8 N–H and O–H groups in total. The van der Waals surface area contributed by atoms with Crippen LogP contribution in [0.15, 0.2) is 200 Å². The molecule has 0 radical (unpaired) electrons. The van der Waals surface area contributed by atoms with Crippen LogP contribution in [0.2, 0.25) is 0 Å². The van der Waals surface area contributed by atoms with Gasteiger partial charge in [0.2, 0.25) is 0 Å². The second-order valence-electron chi connectivity index (χ2n) is 41.2. The molecule has 8 aliphatic rings. The standard InChI is InChI=1S/C30H43N5.C29H41N5O.C28H38FN5.C28H38N4/c1-3-24(2)34-20-18-33(19-21-34)15-7-14-31-27-12-16-35(17-13-27)28-10-6-9-25(22-28)30-23-26-8-4-5-11-29(26)32-30;1-22(2)33-17-15-32(16-18-33)14-11-30-25-9-12-34(13-10-25)26-6-4-5-23(19-26)29-21-24-20-27(35-3)7-8-28(24)31-29;1-21(2)33-16-14-32(15-17-33)13-10-30-25-8-11-34(12-9-25)26-5-3-4-22(18-26)27-19-23-6-7-24(29)20-28(23)31-27;1-20(2)31-14-10-23(11-15-31)29-24-12-16-32(17-13-24)25-9-8-21(3)26(19-25)28-18-22-6-4-5-7-27(22)30-28/h4-6,8-11,22-24,27,31-32H,3,7,12-21H2,1-2H3;4-8,19-22,25,30-31H,9-18H2,1-3H3;3-7,18-21,25,30-31H,8-17H2,1-2H3;4-9,18-20,23-24,29-30H,10-17H2,1-3H3. The van der Waals surface area contributed by atoms with Crippen molar-refractivity contribution in [1.82, 2.24) is 75.5 Å². The zero-order valence-electron chi connectivity index (χ0n) is 83.7. The third kappa shape index (κ3) is 26.3. The molecule has 0 saturated carbocycles. The van der Waals surface area contributed by atoms with Crippen molar-refractivity contribution in [2.45, 2.75) is 194 Å². The number of fused-ring (bicyclic) bond motifs is 4. The van der Waals surface area contributed by atoms with Crippen LogP contribution < -0.4 is 45.6 Å². The highest BCUT2D eigenvalue weighted by molar-refractivity contribution is 5.90. The van der Waals surface area contributed by atoms with Crippen molar-refractivity contribution in [3.63, 3.8) is 0 Å². The lowest BCUT2D eigenvalue weighted by molar-refractivity contribution is 0.0997. The number of aromatic nitrogens is 4. The first kappa shape index (κ1) is 98.0. The van der Waals surface area contributed by atoms with Gasteiger partial charge in [-0.25, -0.2) is 4.39 Å². The number of piperidine rings is 5. The molecular formula is C115H160FN19O. The largest absolute Gasteiger partial charge is 0.497 e. The number of piperazine rings is 3. The molecule has 0 aliphatic carbocycles. The first-order chi connectivity index (χ1) is 66.4. The molecule has 20 rings (SSSR count). The number of hydrogen-bond acceptors (Lipinski definition) is 16. The molecule has 21 heteroatoms. The van der Waals surface area contributed by atoms with Gasteiger partial charge in [0.25, 0.3) is 0 Å². The Morgan fingerprint density at radius 3 is 1.17 bits per heavy atom. The van der Waals surface area contributed by atoms with E-state index >= 15 is 0 Å². The summed E-state index contributed by atoms with van der Waals surface area (Å²) in [4.78, 5) is 42.6. The van der Waals surface area contributed by atoms with Gasteiger partial charge in [0.05, 0.1) is 7.11 Å². The Balaban J connectivity index is 0.000000126. The van der Waals surface area contributed by atoms with E-state index in [-0.39, 0.29) is 5.82 Å². The normalized spacial score (nSPS) is 19.0. The van der Waals surface area contributed by atoms with Gasteiger partial charge >= 0.3 is 0 Å². The van der Waals surface area contributed by atoms with E-state index in [4.69, 9.17) is 4.74 Å². The molecule has 1 atom stereocenters. The van der Waals surface area contributed by atoms with E-state index in [1.807, 2.05) is 12.1 Å². The molecule has 0 amide bonds. The van der Waals surface area contributed by atoms with E-state index in [0.29, 0.717) is 48.3 Å². The van der Waals surface area contributed by atoms with Crippen molar-refractivity contribution >= 4 is 66.4 Å². The first-order valence-electron chi connectivity index (χ1n) is 52.5. The maximum atomic E-state index is 13.6. The summed E-state index contributed by atoms with van der Waals surface area (Å²) in [6.07, 6.45) is 14.8. The fraction of sp³-hybridized carbons (Fsp3) is 0.513. The Hall–Kier alpha value is -9.59. The Morgan fingerprint density at radius 2 is 0.713 bits per heavy atom. The van der Waals surface area contributed by atoms with Crippen LogP contribution in [-0.4, -0.2) is 299 Å². The Bertz CT molecular complexity index is 5580. The van der Waals surface area contributed by atoms with E-state index in [1.54, 1.807) is 13.2 Å². The van der Waals surface area contributed by atoms with Gasteiger partial charge in [-0.1, -0.05) is 85.8 Å². The highest BCUT2D eigenvalue weighted by Gasteiger charge is 2.30. The van der Waals surface area contributed by atoms with Crippen molar-refractivity contribution in [3.8, 4) is 50.8 Å². The molecule has 0 bridgehead atoms. The van der Waals surface area contributed by atoms with Gasteiger partial charge in [-0.05, 0) is 302 Å². The molecule has 8 aliphatic heterocycles. The average Bonchev–Trinajstić information content (AvgIpc) is 1.64. The summed E-state index contributed by atoms with van der Waals surface area (Å²) >= 11 is 0. The van der Waals surface area contributed by atoms with Crippen LogP contribution >= 0.6 is 0 Å². The number of aromatic amines is 4. The minimum Gasteiger partial charge on any atom is -0.497 e. The third-order valence-electron chi connectivity index (χ3n) is 31.3. The molecule has 8 aromatic carbocycles. The van der Waals surface area contributed by atoms with E-state index in [2.05, 4.69) is 333 Å². The summed E-state index contributed by atoms with van der Waals surface area (Å²) in [5.41, 5.74) is 20.6. The summed E-state index contributed by atoms with van der Waals surface area (Å²) in [5, 5.41) is 20.3. The first-order valence-corrected chi connectivity index (χ1v) is 52.5. The Labute approximate surface area is 812 Å². The lowest BCUT2D eigenvalue weighted by atomic mass is 9.98. The molecule has 8 fully saturated rings. The number of benzene rings is 8. The number of hydrogen-bond donors (Lipinski definition) is 8. The molecule has 0 spiro atoms. The molecule has 728 valence electrons. The summed E-state index contributed by atoms with van der Waals surface area (Å²) in [5.74, 6) is 0.682. The second-order valence-corrected chi connectivity index (χ2v) is 41.2. The molecule has 8 saturated heterocycles. The van der Waals surface area contributed by atoms with Crippen LogP contribution in [0.4, 0.5) is 27.1 Å². The highest BCUT2D eigenvalue weighted by atomic mass is 19.1. The third-order valence-corrected chi connectivity index (χ3v) is 31.3. The van der Waals surface area contributed by atoms with Crippen molar-refractivity contribution in [2.75, 3.05) is 210 Å².